The van der Waals surface area contributed by atoms with Gasteiger partial charge < -0.3 is 14.8 Å². The van der Waals surface area contributed by atoms with Crippen LogP contribution in [0.1, 0.15) is 48.9 Å². The van der Waals surface area contributed by atoms with Gasteiger partial charge in [-0.2, -0.15) is 0 Å². The third-order valence-corrected chi connectivity index (χ3v) is 5.19. The Bertz CT molecular complexity index is 895. The zero-order chi connectivity index (χ0) is 20.8. The van der Waals surface area contributed by atoms with Gasteiger partial charge in [-0.1, -0.05) is 37.3 Å². The second-order valence-electron chi connectivity index (χ2n) is 7.00. The molecule has 0 radical (unpaired) electrons. The first-order valence-corrected chi connectivity index (χ1v) is 9.96. The van der Waals surface area contributed by atoms with Crippen LogP contribution in [0.3, 0.4) is 0 Å². The second-order valence-corrected chi connectivity index (χ2v) is 7.44. The minimum Gasteiger partial charge on any atom is -0.493 e. The summed E-state index contributed by atoms with van der Waals surface area (Å²) >= 11 is 5.84. The number of carbonyl (C=O) groups is 1. The number of hydrogen-bond donors (Lipinski definition) is 1. The molecule has 0 atom stereocenters. The van der Waals surface area contributed by atoms with E-state index in [0.29, 0.717) is 11.3 Å². The smallest absolute Gasteiger partial charge is 0.313 e. The van der Waals surface area contributed by atoms with Gasteiger partial charge in [0.05, 0.1) is 12.0 Å². The first kappa shape index (κ1) is 20.9. The van der Waals surface area contributed by atoms with Gasteiger partial charge in [-0.15, -0.1) is 0 Å². The maximum absolute atomic E-state index is 12.6. The van der Waals surface area contributed by atoms with E-state index in [-0.39, 0.29) is 34.2 Å². The van der Waals surface area contributed by atoms with E-state index < -0.39 is 4.92 Å². The van der Waals surface area contributed by atoms with Crippen molar-refractivity contribution in [1.82, 2.24) is 5.32 Å². The topological polar surface area (TPSA) is 90.7 Å². The minimum atomic E-state index is -0.567. The van der Waals surface area contributed by atoms with E-state index >= 15 is 0 Å². The number of nitro groups is 1. The molecule has 1 N–H and O–H groups in total. The number of halogens is 1. The van der Waals surface area contributed by atoms with Gasteiger partial charge in [0.2, 0.25) is 5.75 Å². The van der Waals surface area contributed by atoms with Crippen molar-refractivity contribution in [3.05, 3.63) is 57.1 Å². The number of rotatable bonds is 6. The summed E-state index contributed by atoms with van der Waals surface area (Å²) in [6, 6.07) is 9.09. The van der Waals surface area contributed by atoms with Gasteiger partial charge in [0.25, 0.3) is 5.91 Å². The molecule has 2 aromatic carbocycles. The Morgan fingerprint density at radius 1 is 1.07 bits per heavy atom. The third-order valence-electron chi connectivity index (χ3n) is 4.95. The minimum absolute atomic E-state index is 0.0355. The lowest BCUT2D eigenvalue weighted by Crippen LogP contribution is -2.34. The van der Waals surface area contributed by atoms with E-state index in [9.17, 15) is 14.9 Å². The number of hydrogen-bond acceptors (Lipinski definition) is 5. The molecule has 7 nitrogen and oxygen atoms in total. The summed E-state index contributed by atoms with van der Waals surface area (Å²) in [6.07, 6.45) is 6.66. The van der Waals surface area contributed by atoms with Gasteiger partial charge in [0.1, 0.15) is 0 Å². The molecule has 0 aliphatic heterocycles. The average molecular weight is 419 g/mol. The van der Waals surface area contributed by atoms with Crippen molar-refractivity contribution in [3.63, 3.8) is 0 Å². The summed E-state index contributed by atoms with van der Waals surface area (Å²) in [5.41, 5.74) is 0.193. The molecule has 1 fully saturated rings. The van der Waals surface area contributed by atoms with Crippen molar-refractivity contribution in [3.8, 4) is 17.2 Å². The van der Waals surface area contributed by atoms with Gasteiger partial charge >= 0.3 is 5.69 Å². The fourth-order valence-electron chi connectivity index (χ4n) is 3.42. The van der Waals surface area contributed by atoms with Crippen molar-refractivity contribution in [1.29, 1.82) is 0 Å². The standard InChI is InChI=1S/C21H23ClN2O5/c1-28-20-12-14(21(25)23-16-6-4-2-3-5-7-16)8-10-19(20)29-18-11-9-15(22)13-17(18)24(26)27/h8-13,16H,2-7H2,1H3,(H,23,25). The summed E-state index contributed by atoms with van der Waals surface area (Å²) in [7, 11) is 1.45. The summed E-state index contributed by atoms with van der Waals surface area (Å²) in [6.45, 7) is 0. The second kappa shape index (κ2) is 9.60. The SMILES string of the molecule is COc1cc(C(=O)NC2CCCCCC2)ccc1Oc1ccc(Cl)cc1[N+](=O)[O-]. The highest BCUT2D eigenvalue weighted by Crippen LogP contribution is 2.38. The zero-order valence-corrected chi connectivity index (χ0v) is 16.9. The Morgan fingerprint density at radius 3 is 2.41 bits per heavy atom. The van der Waals surface area contributed by atoms with Crippen molar-refractivity contribution >= 4 is 23.2 Å². The Hall–Kier alpha value is -2.80. The van der Waals surface area contributed by atoms with Crippen LogP contribution < -0.4 is 14.8 Å². The maximum atomic E-state index is 12.6. The number of nitro benzene ring substituents is 1. The van der Waals surface area contributed by atoms with Crippen LogP contribution in [0.4, 0.5) is 5.69 Å². The average Bonchev–Trinajstić information content (AvgIpc) is 2.98. The number of ether oxygens (including phenoxy) is 2. The third kappa shape index (κ3) is 5.38. The monoisotopic (exact) mass is 418 g/mol. The zero-order valence-electron chi connectivity index (χ0n) is 16.2. The molecule has 3 rings (SSSR count). The van der Waals surface area contributed by atoms with Gasteiger partial charge in [-0.25, -0.2) is 0 Å². The molecule has 29 heavy (non-hydrogen) atoms. The number of carbonyl (C=O) groups excluding carboxylic acids is 1. The first-order valence-electron chi connectivity index (χ1n) is 9.58. The lowest BCUT2D eigenvalue weighted by atomic mass is 10.1. The van der Waals surface area contributed by atoms with E-state index in [1.807, 2.05) is 0 Å². The van der Waals surface area contributed by atoms with Crippen LogP contribution in [0.25, 0.3) is 0 Å². The molecule has 0 bridgehead atoms. The number of amides is 1. The van der Waals surface area contributed by atoms with E-state index in [0.717, 1.165) is 25.7 Å². The Balaban J connectivity index is 1.78. The number of nitrogens with one attached hydrogen (secondary N) is 1. The Kier molecular flexibility index (Phi) is 6.93. The summed E-state index contributed by atoms with van der Waals surface area (Å²) in [5.74, 6) is 0.444. The van der Waals surface area contributed by atoms with Crippen molar-refractivity contribution in [2.24, 2.45) is 0 Å². The van der Waals surface area contributed by atoms with E-state index in [4.69, 9.17) is 21.1 Å². The van der Waals surface area contributed by atoms with Crippen LogP contribution in [-0.4, -0.2) is 24.0 Å². The van der Waals surface area contributed by atoms with Crippen molar-refractivity contribution in [2.45, 2.75) is 44.6 Å². The number of nitrogens with zero attached hydrogens (tertiary/aromatic N) is 1. The maximum Gasteiger partial charge on any atom is 0.313 e. The summed E-state index contributed by atoms with van der Waals surface area (Å²) in [5, 5.41) is 14.6. The fraction of sp³-hybridized carbons (Fsp3) is 0.381. The predicted octanol–water partition coefficient (Wildman–Crippen LogP) is 5.50. The summed E-state index contributed by atoms with van der Waals surface area (Å²) < 4.78 is 11.0. The molecule has 2 aromatic rings. The van der Waals surface area contributed by atoms with E-state index in [1.165, 1.54) is 38.2 Å². The molecule has 1 aliphatic rings. The van der Waals surface area contributed by atoms with Gasteiger partial charge in [-0.05, 0) is 43.2 Å². The first-order chi connectivity index (χ1) is 14.0. The fourth-order valence-corrected chi connectivity index (χ4v) is 3.59. The molecule has 0 unspecified atom stereocenters. The molecule has 154 valence electrons. The lowest BCUT2D eigenvalue weighted by Gasteiger charge is -2.17. The molecule has 8 heteroatoms. The highest BCUT2D eigenvalue weighted by atomic mass is 35.5. The Morgan fingerprint density at radius 2 is 1.76 bits per heavy atom. The summed E-state index contributed by atoms with van der Waals surface area (Å²) in [4.78, 5) is 23.3. The Labute approximate surface area is 174 Å². The quantitative estimate of drug-likeness (QED) is 0.380. The number of benzene rings is 2. The normalized spacial score (nSPS) is 14.7. The van der Waals surface area contributed by atoms with Crippen LogP contribution in [0, 0.1) is 10.1 Å². The molecule has 0 spiro atoms. The van der Waals surface area contributed by atoms with Crippen LogP contribution in [-0.2, 0) is 0 Å². The molecule has 0 aromatic heterocycles. The van der Waals surface area contributed by atoms with Crippen molar-refractivity contribution < 1.29 is 19.2 Å². The molecular weight excluding hydrogens is 396 g/mol. The molecule has 0 saturated heterocycles. The molecule has 1 aliphatic carbocycles. The lowest BCUT2D eigenvalue weighted by molar-refractivity contribution is -0.385. The molecule has 1 amide bonds. The number of methoxy groups -OCH3 is 1. The molecule has 1 saturated carbocycles. The molecular formula is C21H23ClN2O5. The van der Waals surface area contributed by atoms with Gasteiger partial charge in [0, 0.05) is 22.7 Å². The van der Waals surface area contributed by atoms with Crippen molar-refractivity contribution in [2.75, 3.05) is 7.11 Å². The van der Waals surface area contributed by atoms with E-state index in [1.54, 1.807) is 18.2 Å². The largest absolute Gasteiger partial charge is 0.493 e. The highest BCUT2D eigenvalue weighted by molar-refractivity contribution is 6.30. The van der Waals surface area contributed by atoms with Crippen LogP contribution in [0.2, 0.25) is 5.02 Å². The van der Waals surface area contributed by atoms with Crippen LogP contribution >= 0.6 is 11.6 Å². The predicted molar refractivity (Wildman–Crippen MR) is 110 cm³/mol. The van der Waals surface area contributed by atoms with E-state index in [2.05, 4.69) is 5.32 Å². The van der Waals surface area contributed by atoms with Gasteiger partial charge in [0.15, 0.2) is 11.5 Å². The highest BCUT2D eigenvalue weighted by Gasteiger charge is 2.20. The van der Waals surface area contributed by atoms with Crippen LogP contribution in [0.5, 0.6) is 17.2 Å². The van der Waals surface area contributed by atoms with Gasteiger partial charge in [-0.3, -0.25) is 14.9 Å². The molecule has 0 heterocycles. The van der Waals surface area contributed by atoms with Crippen LogP contribution in [0.15, 0.2) is 36.4 Å².